The highest BCUT2D eigenvalue weighted by Gasteiger charge is 2.27. The van der Waals surface area contributed by atoms with Gasteiger partial charge in [0.15, 0.2) is 0 Å². The van der Waals surface area contributed by atoms with Crippen molar-refractivity contribution in [2.75, 3.05) is 18.0 Å². The van der Waals surface area contributed by atoms with Gasteiger partial charge in [-0.1, -0.05) is 12.2 Å². The van der Waals surface area contributed by atoms with Gasteiger partial charge in [0, 0.05) is 36.3 Å². The summed E-state index contributed by atoms with van der Waals surface area (Å²) in [4.78, 5) is 23.9. The van der Waals surface area contributed by atoms with Crippen molar-refractivity contribution in [2.45, 2.75) is 63.8 Å². The fourth-order valence-corrected chi connectivity index (χ4v) is 4.36. The number of hydrogen-bond acceptors (Lipinski definition) is 4. The third kappa shape index (κ3) is 3.70. The number of carbonyl (C=O) groups is 1. The molecule has 1 fully saturated rings. The van der Waals surface area contributed by atoms with E-state index < -0.39 is 0 Å². The van der Waals surface area contributed by atoms with Gasteiger partial charge in [0.1, 0.15) is 12.1 Å². The molecule has 1 atom stereocenters. The van der Waals surface area contributed by atoms with Crippen LogP contribution in [0.15, 0.2) is 18.5 Å². The normalized spacial score (nSPS) is 24.0. The second-order valence-electron chi connectivity index (χ2n) is 7.58. The largest absolute Gasteiger partial charge is 0.356 e. The van der Waals surface area contributed by atoms with Crippen molar-refractivity contribution in [1.29, 1.82) is 0 Å². The summed E-state index contributed by atoms with van der Waals surface area (Å²) in [5.74, 6) is 1.58. The van der Waals surface area contributed by atoms with E-state index >= 15 is 0 Å². The van der Waals surface area contributed by atoms with E-state index in [4.69, 9.17) is 0 Å². The number of amides is 1. The summed E-state index contributed by atoms with van der Waals surface area (Å²) < 4.78 is 0. The summed E-state index contributed by atoms with van der Waals surface area (Å²) in [5.41, 5.74) is 2.61. The second kappa shape index (κ2) is 7.54. The molecule has 1 aliphatic heterocycles. The lowest BCUT2D eigenvalue weighted by molar-refractivity contribution is -0.126. The number of anilines is 1. The Morgan fingerprint density at radius 1 is 1.08 bits per heavy atom. The second-order valence-corrected chi connectivity index (χ2v) is 7.58. The zero-order chi connectivity index (χ0) is 17.1. The molecule has 25 heavy (non-hydrogen) atoms. The highest BCUT2D eigenvalue weighted by molar-refractivity contribution is 5.79. The number of aryl methyl sites for hydroxylation is 1. The van der Waals surface area contributed by atoms with Gasteiger partial charge in [-0.05, 0) is 57.8 Å². The van der Waals surface area contributed by atoms with Crippen LogP contribution in [0.4, 0.5) is 5.82 Å². The molecule has 0 bridgehead atoms. The van der Waals surface area contributed by atoms with Crippen molar-refractivity contribution in [2.24, 2.45) is 5.92 Å². The van der Waals surface area contributed by atoms with Crippen LogP contribution in [0.3, 0.4) is 0 Å². The summed E-state index contributed by atoms with van der Waals surface area (Å²) in [7, 11) is 0. The van der Waals surface area contributed by atoms with E-state index in [9.17, 15) is 4.79 Å². The Hall–Kier alpha value is -1.91. The molecule has 2 aliphatic carbocycles. The predicted octanol–water partition coefficient (Wildman–Crippen LogP) is 2.80. The molecular weight excluding hydrogens is 312 g/mol. The first kappa shape index (κ1) is 16.6. The molecule has 1 amide bonds. The van der Waals surface area contributed by atoms with E-state index in [1.165, 1.54) is 24.1 Å². The van der Waals surface area contributed by atoms with E-state index in [1.807, 2.05) is 0 Å². The number of fused-ring (bicyclic) bond motifs is 1. The summed E-state index contributed by atoms with van der Waals surface area (Å²) in [6.45, 7) is 1.94. The van der Waals surface area contributed by atoms with Crippen molar-refractivity contribution in [3.8, 4) is 0 Å². The first-order valence-corrected chi connectivity index (χ1v) is 9.84. The summed E-state index contributed by atoms with van der Waals surface area (Å²) >= 11 is 0. The number of nitrogens with one attached hydrogen (secondary N) is 1. The molecule has 0 radical (unpaired) electrons. The molecule has 3 aliphatic rings. The molecule has 1 aromatic heterocycles. The zero-order valence-electron chi connectivity index (χ0n) is 14.9. The lowest BCUT2D eigenvalue weighted by atomic mass is 9.92. The quantitative estimate of drug-likeness (QED) is 0.860. The summed E-state index contributed by atoms with van der Waals surface area (Å²) in [5, 5.41) is 3.29. The average molecular weight is 340 g/mol. The van der Waals surface area contributed by atoms with E-state index in [2.05, 4.69) is 32.3 Å². The van der Waals surface area contributed by atoms with Gasteiger partial charge in [-0.25, -0.2) is 9.97 Å². The lowest BCUT2D eigenvalue weighted by Crippen LogP contribution is -2.47. The Bertz CT molecular complexity index is 649. The fourth-order valence-electron chi connectivity index (χ4n) is 4.36. The maximum Gasteiger partial charge on any atom is 0.223 e. The van der Waals surface area contributed by atoms with Gasteiger partial charge in [0.25, 0.3) is 0 Å². The van der Waals surface area contributed by atoms with E-state index in [-0.39, 0.29) is 11.8 Å². The minimum atomic E-state index is 0.178. The molecule has 1 N–H and O–H groups in total. The molecule has 5 nitrogen and oxygen atoms in total. The first-order chi connectivity index (χ1) is 12.3. The van der Waals surface area contributed by atoms with Gasteiger partial charge >= 0.3 is 0 Å². The van der Waals surface area contributed by atoms with Gasteiger partial charge in [-0.3, -0.25) is 4.79 Å². The van der Waals surface area contributed by atoms with Crippen LogP contribution < -0.4 is 10.2 Å². The molecule has 0 saturated carbocycles. The van der Waals surface area contributed by atoms with E-state index in [0.29, 0.717) is 6.04 Å². The van der Waals surface area contributed by atoms with Crippen LogP contribution >= 0.6 is 0 Å². The van der Waals surface area contributed by atoms with Crippen LogP contribution in [-0.4, -0.2) is 35.0 Å². The van der Waals surface area contributed by atoms with Crippen molar-refractivity contribution < 1.29 is 4.79 Å². The van der Waals surface area contributed by atoms with E-state index in [1.54, 1.807) is 6.33 Å². The van der Waals surface area contributed by atoms with Crippen LogP contribution in [0.1, 0.15) is 56.2 Å². The van der Waals surface area contributed by atoms with Crippen LogP contribution in [0.25, 0.3) is 0 Å². The van der Waals surface area contributed by atoms with Crippen LogP contribution in [0, 0.1) is 5.92 Å². The number of piperidine rings is 1. The molecular formula is C20H28N4O. The average Bonchev–Trinajstić information content (AvgIpc) is 2.69. The smallest absolute Gasteiger partial charge is 0.223 e. The van der Waals surface area contributed by atoms with E-state index in [0.717, 1.165) is 63.9 Å². The molecule has 1 unspecified atom stereocenters. The number of nitrogens with zero attached hydrogens (tertiary/aromatic N) is 3. The van der Waals surface area contributed by atoms with Crippen molar-refractivity contribution >= 4 is 11.7 Å². The van der Waals surface area contributed by atoms with Gasteiger partial charge in [0.05, 0.1) is 0 Å². The fraction of sp³-hybridized carbons (Fsp3) is 0.650. The van der Waals surface area contributed by atoms with Gasteiger partial charge in [0.2, 0.25) is 5.91 Å². The summed E-state index contributed by atoms with van der Waals surface area (Å²) in [6, 6.07) is 0.312. The van der Waals surface area contributed by atoms with Crippen LogP contribution in [0.2, 0.25) is 0 Å². The minimum Gasteiger partial charge on any atom is -0.356 e. The van der Waals surface area contributed by atoms with Crippen molar-refractivity contribution in [3.05, 3.63) is 29.7 Å². The number of rotatable bonds is 3. The molecule has 1 aromatic rings. The maximum absolute atomic E-state index is 12.4. The number of aromatic nitrogens is 2. The third-order valence-electron chi connectivity index (χ3n) is 5.88. The SMILES string of the molecule is O=C(NC1CCN(c2ncnc3c2CCCC3)CC1)C1CC=CCC1. The molecule has 0 aromatic carbocycles. The molecule has 134 valence electrons. The topological polar surface area (TPSA) is 58.1 Å². The highest BCUT2D eigenvalue weighted by Crippen LogP contribution is 2.29. The molecule has 0 spiro atoms. The molecule has 4 rings (SSSR count). The highest BCUT2D eigenvalue weighted by atomic mass is 16.1. The van der Waals surface area contributed by atoms with Gasteiger partial charge < -0.3 is 10.2 Å². The van der Waals surface area contributed by atoms with Crippen LogP contribution in [0.5, 0.6) is 0 Å². The van der Waals surface area contributed by atoms with Gasteiger partial charge in [-0.15, -0.1) is 0 Å². The molecule has 1 saturated heterocycles. The van der Waals surface area contributed by atoms with Gasteiger partial charge in [-0.2, -0.15) is 0 Å². The Kier molecular flexibility index (Phi) is 4.99. The molecule has 5 heteroatoms. The summed E-state index contributed by atoms with van der Waals surface area (Å²) in [6.07, 6.45) is 15.7. The van der Waals surface area contributed by atoms with Crippen molar-refractivity contribution in [3.63, 3.8) is 0 Å². The third-order valence-corrected chi connectivity index (χ3v) is 5.88. The monoisotopic (exact) mass is 340 g/mol. The lowest BCUT2D eigenvalue weighted by Gasteiger charge is -2.35. The zero-order valence-corrected chi connectivity index (χ0v) is 14.9. The first-order valence-electron chi connectivity index (χ1n) is 9.84. The predicted molar refractivity (Wildman–Crippen MR) is 98.5 cm³/mol. The number of carbonyl (C=O) groups excluding carboxylic acids is 1. The number of allylic oxidation sites excluding steroid dienone is 2. The standard InChI is InChI=1S/C20H28N4O/c25-20(15-6-2-1-3-7-15)23-16-10-12-24(13-11-16)19-17-8-4-5-9-18(17)21-14-22-19/h1-2,14-16H,3-13H2,(H,23,25). The maximum atomic E-state index is 12.4. The van der Waals surface area contributed by atoms with Crippen LogP contribution in [-0.2, 0) is 17.6 Å². The molecule has 2 heterocycles. The Morgan fingerprint density at radius 3 is 2.72 bits per heavy atom. The Balaban J connectivity index is 1.34. The number of hydrogen-bond donors (Lipinski definition) is 1. The Morgan fingerprint density at radius 2 is 1.92 bits per heavy atom. The Labute approximate surface area is 149 Å². The minimum absolute atomic E-state index is 0.178. The van der Waals surface area contributed by atoms with Crippen molar-refractivity contribution in [1.82, 2.24) is 15.3 Å².